The van der Waals surface area contributed by atoms with Gasteiger partial charge in [-0.1, -0.05) is 20.8 Å². The molecular formula is C18H41N5. The van der Waals surface area contributed by atoms with E-state index in [4.69, 9.17) is 0 Å². The van der Waals surface area contributed by atoms with Crippen molar-refractivity contribution < 1.29 is 0 Å². The van der Waals surface area contributed by atoms with Crippen LogP contribution in [-0.4, -0.2) is 98.8 Å². The van der Waals surface area contributed by atoms with Crippen LogP contribution in [0.2, 0.25) is 0 Å². The Labute approximate surface area is 144 Å². The zero-order valence-corrected chi connectivity index (χ0v) is 16.3. The Morgan fingerprint density at radius 1 is 1.00 bits per heavy atom. The van der Waals surface area contributed by atoms with E-state index in [0.29, 0.717) is 12.1 Å². The predicted octanol–water partition coefficient (Wildman–Crippen LogP) is 0.922. The van der Waals surface area contributed by atoms with Crippen molar-refractivity contribution in [3.63, 3.8) is 0 Å². The number of hydrogen-bond acceptors (Lipinski definition) is 5. The Balaban J connectivity index is 2.25. The Morgan fingerprint density at radius 3 is 2.26 bits per heavy atom. The summed E-state index contributed by atoms with van der Waals surface area (Å²) in [6.07, 6.45) is 0. The molecule has 23 heavy (non-hydrogen) atoms. The standard InChI is InChI=1S/C18H41N5/c1-6-21(13-14-22-10-7-19-8-11-22)15-16-23(18(4)5)12-9-20-17(2)3/h17-20H,6-16H2,1-5H3. The molecule has 0 unspecified atom stereocenters. The lowest BCUT2D eigenvalue weighted by atomic mass is 10.3. The van der Waals surface area contributed by atoms with Crippen molar-refractivity contribution in [1.82, 2.24) is 25.3 Å². The summed E-state index contributed by atoms with van der Waals surface area (Å²) in [5, 5.41) is 6.96. The molecule has 0 spiro atoms. The van der Waals surface area contributed by atoms with Crippen molar-refractivity contribution in [2.24, 2.45) is 0 Å². The molecule has 0 atom stereocenters. The van der Waals surface area contributed by atoms with Crippen LogP contribution in [0.3, 0.4) is 0 Å². The second kappa shape index (κ2) is 12.2. The first kappa shape index (κ1) is 20.8. The van der Waals surface area contributed by atoms with Gasteiger partial charge in [0, 0.05) is 77.5 Å². The molecule has 1 aliphatic rings. The third kappa shape index (κ3) is 9.62. The number of nitrogens with zero attached hydrogens (tertiary/aromatic N) is 3. The summed E-state index contributed by atoms with van der Waals surface area (Å²) in [7, 11) is 0. The minimum atomic E-state index is 0.579. The molecule has 5 heteroatoms. The van der Waals surface area contributed by atoms with Gasteiger partial charge in [0.15, 0.2) is 0 Å². The van der Waals surface area contributed by atoms with Crippen molar-refractivity contribution >= 4 is 0 Å². The van der Waals surface area contributed by atoms with Gasteiger partial charge in [0.25, 0.3) is 0 Å². The molecule has 138 valence electrons. The van der Waals surface area contributed by atoms with E-state index in [1.807, 2.05) is 0 Å². The van der Waals surface area contributed by atoms with Crippen LogP contribution < -0.4 is 10.6 Å². The highest BCUT2D eigenvalue weighted by atomic mass is 15.2. The molecule has 1 saturated heterocycles. The topological polar surface area (TPSA) is 33.8 Å². The summed E-state index contributed by atoms with van der Waals surface area (Å²) >= 11 is 0. The van der Waals surface area contributed by atoms with E-state index in [0.717, 1.165) is 32.7 Å². The molecule has 1 rings (SSSR count). The van der Waals surface area contributed by atoms with Crippen LogP contribution in [0.4, 0.5) is 0 Å². The normalized spacial score (nSPS) is 17.1. The summed E-state index contributed by atoms with van der Waals surface area (Å²) in [5.41, 5.74) is 0. The summed E-state index contributed by atoms with van der Waals surface area (Å²) in [6, 6.07) is 1.20. The van der Waals surface area contributed by atoms with Crippen LogP contribution in [0.5, 0.6) is 0 Å². The number of piperazine rings is 1. The zero-order valence-electron chi connectivity index (χ0n) is 16.3. The fraction of sp³-hybridized carbons (Fsp3) is 1.00. The first-order valence-electron chi connectivity index (χ1n) is 9.65. The first-order valence-corrected chi connectivity index (χ1v) is 9.65. The highest BCUT2D eigenvalue weighted by molar-refractivity contribution is 4.71. The van der Waals surface area contributed by atoms with Crippen molar-refractivity contribution in [2.45, 2.75) is 46.7 Å². The lowest BCUT2D eigenvalue weighted by Crippen LogP contribution is -2.47. The van der Waals surface area contributed by atoms with E-state index >= 15 is 0 Å². The van der Waals surface area contributed by atoms with Crippen LogP contribution in [-0.2, 0) is 0 Å². The van der Waals surface area contributed by atoms with Gasteiger partial charge in [-0.05, 0) is 20.4 Å². The van der Waals surface area contributed by atoms with E-state index in [1.54, 1.807) is 0 Å². The first-order chi connectivity index (χ1) is 11.0. The Morgan fingerprint density at radius 2 is 1.70 bits per heavy atom. The number of rotatable bonds is 12. The third-order valence-electron chi connectivity index (χ3n) is 4.77. The molecule has 0 aromatic heterocycles. The van der Waals surface area contributed by atoms with Crippen molar-refractivity contribution in [3.8, 4) is 0 Å². The maximum Gasteiger partial charge on any atom is 0.0113 e. The van der Waals surface area contributed by atoms with Crippen LogP contribution >= 0.6 is 0 Å². The van der Waals surface area contributed by atoms with Crippen LogP contribution in [0.1, 0.15) is 34.6 Å². The van der Waals surface area contributed by atoms with E-state index in [2.05, 4.69) is 60.0 Å². The average Bonchev–Trinajstić information content (AvgIpc) is 2.53. The van der Waals surface area contributed by atoms with E-state index < -0.39 is 0 Å². The summed E-state index contributed by atoms with van der Waals surface area (Å²) in [4.78, 5) is 7.79. The highest BCUT2D eigenvalue weighted by Crippen LogP contribution is 2.00. The maximum absolute atomic E-state index is 3.53. The molecule has 0 aliphatic carbocycles. The zero-order chi connectivity index (χ0) is 17.1. The molecule has 0 aromatic rings. The maximum atomic E-state index is 3.53. The molecule has 0 amide bonds. The molecule has 5 nitrogen and oxygen atoms in total. The molecule has 0 saturated carbocycles. The smallest absolute Gasteiger partial charge is 0.0113 e. The Hall–Kier alpha value is -0.200. The van der Waals surface area contributed by atoms with E-state index in [1.165, 1.54) is 39.3 Å². The van der Waals surface area contributed by atoms with Gasteiger partial charge in [-0.2, -0.15) is 0 Å². The fourth-order valence-electron chi connectivity index (χ4n) is 3.04. The van der Waals surface area contributed by atoms with E-state index in [9.17, 15) is 0 Å². The average molecular weight is 328 g/mol. The number of likely N-dealkylation sites (N-methyl/N-ethyl adjacent to an activating group) is 1. The van der Waals surface area contributed by atoms with Gasteiger partial charge in [-0.15, -0.1) is 0 Å². The minimum Gasteiger partial charge on any atom is -0.314 e. The minimum absolute atomic E-state index is 0.579. The van der Waals surface area contributed by atoms with Crippen LogP contribution in [0.25, 0.3) is 0 Å². The quantitative estimate of drug-likeness (QED) is 0.557. The Kier molecular flexibility index (Phi) is 11.1. The van der Waals surface area contributed by atoms with Crippen LogP contribution in [0.15, 0.2) is 0 Å². The molecule has 0 radical (unpaired) electrons. The highest BCUT2D eigenvalue weighted by Gasteiger charge is 2.13. The molecular weight excluding hydrogens is 286 g/mol. The second-order valence-electron chi connectivity index (χ2n) is 7.26. The molecule has 1 heterocycles. The van der Waals surface area contributed by atoms with Gasteiger partial charge < -0.3 is 15.5 Å². The Bertz CT molecular complexity index is 277. The fourth-order valence-corrected chi connectivity index (χ4v) is 3.04. The van der Waals surface area contributed by atoms with Gasteiger partial charge >= 0.3 is 0 Å². The van der Waals surface area contributed by atoms with Gasteiger partial charge in [0.1, 0.15) is 0 Å². The van der Waals surface area contributed by atoms with Gasteiger partial charge in [0.2, 0.25) is 0 Å². The summed E-state index contributed by atoms with van der Waals surface area (Å²) in [5.74, 6) is 0. The van der Waals surface area contributed by atoms with Crippen LogP contribution in [0, 0.1) is 0 Å². The lowest BCUT2D eigenvalue weighted by Gasteiger charge is -2.32. The van der Waals surface area contributed by atoms with Crippen molar-refractivity contribution in [3.05, 3.63) is 0 Å². The SMILES string of the molecule is CCN(CCN1CCNCC1)CCN(CCNC(C)C)C(C)C. The molecule has 1 fully saturated rings. The van der Waals surface area contributed by atoms with Crippen molar-refractivity contribution in [1.29, 1.82) is 0 Å². The predicted molar refractivity (Wildman–Crippen MR) is 101 cm³/mol. The monoisotopic (exact) mass is 327 g/mol. The van der Waals surface area contributed by atoms with Gasteiger partial charge in [0.05, 0.1) is 0 Å². The third-order valence-corrected chi connectivity index (χ3v) is 4.77. The second-order valence-corrected chi connectivity index (χ2v) is 7.26. The lowest BCUT2D eigenvalue weighted by molar-refractivity contribution is 0.157. The molecule has 0 bridgehead atoms. The van der Waals surface area contributed by atoms with Crippen molar-refractivity contribution in [2.75, 3.05) is 72.0 Å². The van der Waals surface area contributed by atoms with Gasteiger partial charge in [-0.3, -0.25) is 9.80 Å². The van der Waals surface area contributed by atoms with Gasteiger partial charge in [-0.25, -0.2) is 0 Å². The number of nitrogens with one attached hydrogen (secondary N) is 2. The summed E-state index contributed by atoms with van der Waals surface area (Å²) in [6.45, 7) is 24.2. The van der Waals surface area contributed by atoms with E-state index in [-0.39, 0.29) is 0 Å². The molecule has 0 aromatic carbocycles. The number of hydrogen-bond donors (Lipinski definition) is 2. The molecule has 1 aliphatic heterocycles. The largest absolute Gasteiger partial charge is 0.314 e. The summed E-state index contributed by atoms with van der Waals surface area (Å²) < 4.78 is 0. The molecule has 2 N–H and O–H groups in total.